The van der Waals surface area contributed by atoms with E-state index in [9.17, 15) is 9.59 Å². The second-order valence-corrected chi connectivity index (χ2v) is 4.60. The molecule has 0 saturated carbocycles. The Labute approximate surface area is 118 Å². The fourth-order valence-corrected chi connectivity index (χ4v) is 2.07. The summed E-state index contributed by atoms with van der Waals surface area (Å²) in [5.74, 6) is 0.154. The van der Waals surface area contributed by atoms with E-state index in [1.807, 2.05) is 0 Å². The molecule has 2 aromatic rings. The van der Waals surface area contributed by atoms with Crippen LogP contribution < -0.4 is 10.4 Å². The van der Waals surface area contributed by atoms with Crippen LogP contribution in [-0.2, 0) is 7.05 Å². The van der Waals surface area contributed by atoms with Gasteiger partial charge in [0.15, 0.2) is 6.29 Å². The number of carbonyl (C=O) groups excluding carboxylic acids is 1. The average Bonchev–Trinajstić information content (AvgIpc) is 2.64. The van der Waals surface area contributed by atoms with Gasteiger partial charge in [-0.25, -0.2) is 9.36 Å². The van der Waals surface area contributed by atoms with Crippen molar-refractivity contribution in [1.29, 1.82) is 0 Å². The molecule has 19 heavy (non-hydrogen) atoms. The van der Waals surface area contributed by atoms with Gasteiger partial charge in [0.05, 0.1) is 22.8 Å². The molecule has 0 N–H and O–H groups in total. The van der Waals surface area contributed by atoms with E-state index >= 15 is 0 Å². The second kappa shape index (κ2) is 5.11. The molecule has 5 nitrogen and oxygen atoms in total. The summed E-state index contributed by atoms with van der Waals surface area (Å²) in [7, 11) is 2.87. The van der Waals surface area contributed by atoms with E-state index in [2.05, 4.69) is 0 Å². The van der Waals surface area contributed by atoms with Crippen LogP contribution in [0.5, 0.6) is 5.88 Å². The molecule has 0 amide bonds. The summed E-state index contributed by atoms with van der Waals surface area (Å²) in [4.78, 5) is 23.2. The first-order chi connectivity index (χ1) is 9.01. The molecular weight excluding hydrogens is 291 g/mol. The first-order valence-electron chi connectivity index (χ1n) is 5.27. The summed E-state index contributed by atoms with van der Waals surface area (Å²) in [5.41, 5.74) is 0.218. The minimum Gasteiger partial charge on any atom is -0.480 e. The SMILES string of the molecule is COc1c(C=O)n(C)c(=O)n1-c1ccc(Cl)c(Cl)c1. The van der Waals surface area contributed by atoms with Crippen molar-refractivity contribution in [3.05, 3.63) is 44.4 Å². The standard InChI is InChI=1S/C12H10Cl2N2O3/c1-15-10(6-17)11(19-2)16(12(15)18)7-3-4-8(13)9(14)5-7/h3-6H,1-2H3. The highest BCUT2D eigenvalue weighted by Crippen LogP contribution is 2.26. The number of nitrogens with zero attached hydrogens (tertiary/aromatic N) is 2. The Morgan fingerprint density at radius 1 is 1.26 bits per heavy atom. The van der Waals surface area contributed by atoms with Gasteiger partial charge >= 0.3 is 5.69 Å². The van der Waals surface area contributed by atoms with Crippen molar-refractivity contribution in [3.8, 4) is 11.6 Å². The van der Waals surface area contributed by atoms with Gasteiger partial charge in [-0.1, -0.05) is 23.2 Å². The Balaban J connectivity index is 2.78. The van der Waals surface area contributed by atoms with E-state index in [-0.39, 0.29) is 11.6 Å². The number of rotatable bonds is 3. The Hall–Kier alpha value is -1.72. The van der Waals surface area contributed by atoms with Crippen molar-refractivity contribution in [1.82, 2.24) is 9.13 Å². The van der Waals surface area contributed by atoms with Gasteiger partial charge in [0.2, 0.25) is 5.88 Å². The molecular formula is C12H10Cl2N2O3. The molecule has 0 aliphatic rings. The Kier molecular flexibility index (Phi) is 3.68. The molecule has 0 radical (unpaired) electrons. The van der Waals surface area contributed by atoms with Gasteiger partial charge in [0.1, 0.15) is 5.69 Å². The molecule has 0 saturated heterocycles. The lowest BCUT2D eigenvalue weighted by Gasteiger charge is -2.07. The Bertz CT molecular complexity index is 704. The Morgan fingerprint density at radius 2 is 1.95 bits per heavy atom. The maximum absolute atomic E-state index is 12.1. The maximum Gasteiger partial charge on any atom is 0.336 e. The summed E-state index contributed by atoms with van der Waals surface area (Å²) in [6.45, 7) is 0. The smallest absolute Gasteiger partial charge is 0.336 e. The van der Waals surface area contributed by atoms with Crippen LogP contribution in [0.4, 0.5) is 0 Å². The molecule has 2 rings (SSSR count). The van der Waals surface area contributed by atoms with E-state index in [1.165, 1.54) is 29.4 Å². The summed E-state index contributed by atoms with van der Waals surface area (Å²) in [5, 5.41) is 0.689. The molecule has 0 aliphatic heterocycles. The van der Waals surface area contributed by atoms with Gasteiger partial charge in [0.25, 0.3) is 0 Å². The van der Waals surface area contributed by atoms with Crippen molar-refractivity contribution < 1.29 is 9.53 Å². The molecule has 1 aromatic carbocycles. The zero-order valence-corrected chi connectivity index (χ0v) is 11.7. The van der Waals surface area contributed by atoms with E-state index in [0.29, 0.717) is 22.0 Å². The van der Waals surface area contributed by atoms with Gasteiger partial charge < -0.3 is 4.74 Å². The first kappa shape index (κ1) is 13.7. The Morgan fingerprint density at radius 3 is 2.47 bits per heavy atom. The highest BCUT2D eigenvalue weighted by molar-refractivity contribution is 6.42. The number of methoxy groups -OCH3 is 1. The van der Waals surface area contributed by atoms with E-state index in [1.54, 1.807) is 12.1 Å². The third kappa shape index (κ3) is 2.15. The molecule has 0 spiro atoms. The van der Waals surface area contributed by atoms with Crippen LogP contribution >= 0.6 is 23.2 Å². The van der Waals surface area contributed by atoms with Crippen LogP contribution in [0.25, 0.3) is 5.69 Å². The normalized spacial score (nSPS) is 10.5. The number of aldehydes is 1. The van der Waals surface area contributed by atoms with Crippen LogP contribution in [0.1, 0.15) is 10.5 Å². The topological polar surface area (TPSA) is 53.2 Å². The molecule has 0 atom stereocenters. The third-order valence-corrected chi connectivity index (χ3v) is 3.47. The van der Waals surface area contributed by atoms with Crippen molar-refractivity contribution >= 4 is 29.5 Å². The molecule has 0 unspecified atom stereocenters. The molecule has 7 heteroatoms. The maximum atomic E-state index is 12.1. The molecule has 0 bridgehead atoms. The van der Waals surface area contributed by atoms with E-state index in [0.717, 1.165) is 0 Å². The quantitative estimate of drug-likeness (QED) is 0.817. The fraction of sp³-hybridized carbons (Fsp3) is 0.167. The molecule has 1 heterocycles. The number of halogens is 2. The van der Waals surface area contributed by atoms with Crippen LogP contribution in [0.3, 0.4) is 0 Å². The van der Waals surface area contributed by atoms with Crippen molar-refractivity contribution in [2.24, 2.45) is 7.05 Å². The van der Waals surface area contributed by atoms with Crippen LogP contribution in [0.15, 0.2) is 23.0 Å². The van der Waals surface area contributed by atoms with Gasteiger partial charge in [-0.3, -0.25) is 9.36 Å². The third-order valence-electron chi connectivity index (χ3n) is 2.73. The summed E-state index contributed by atoms with van der Waals surface area (Å²) in [6.07, 6.45) is 0.564. The lowest BCUT2D eigenvalue weighted by atomic mass is 10.3. The molecule has 1 aromatic heterocycles. The monoisotopic (exact) mass is 300 g/mol. The largest absolute Gasteiger partial charge is 0.480 e. The fourth-order valence-electron chi connectivity index (χ4n) is 1.78. The van der Waals surface area contributed by atoms with Crippen molar-refractivity contribution in [2.75, 3.05) is 7.11 Å². The van der Waals surface area contributed by atoms with Gasteiger partial charge in [-0.2, -0.15) is 0 Å². The summed E-state index contributed by atoms with van der Waals surface area (Å²) in [6, 6.07) is 4.72. The number of benzene rings is 1. The summed E-state index contributed by atoms with van der Waals surface area (Å²) >= 11 is 11.8. The minimum atomic E-state index is -0.405. The zero-order chi connectivity index (χ0) is 14.2. The molecule has 100 valence electrons. The molecule has 0 aliphatic carbocycles. The number of carbonyl (C=O) groups is 1. The second-order valence-electron chi connectivity index (χ2n) is 3.79. The number of ether oxygens (including phenoxy) is 1. The van der Waals surface area contributed by atoms with E-state index < -0.39 is 5.69 Å². The van der Waals surface area contributed by atoms with Gasteiger partial charge in [-0.05, 0) is 18.2 Å². The average molecular weight is 301 g/mol. The van der Waals surface area contributed by atoms with Gasteiger partial charge in [0, 0.05) is 7.05 Å². The number of hydrogen-bond donors (Lipinski definition) is 0. The van der Waals surface area contributed by atoms with Crippen LogP contribution in [0.2, 0.25) is 10.0 Å². The predicted octanol–water partition coefficient (Wildman–Crippen LogP) is 2.30. The lowest BCUT2D eigenvalue weighted by Crippen LogP contribution is -2.21. The predicted molar refractivity (Wildman–Crippen MR) is 73.0 cm³/mol. The lowest BCUT2D eigenvalue weighted by molar-refractivity contribution is 0.111. The minimum absolute atomic E-state index is 0.151. The highest BCUT2D eigenvalue weighted by atomic mass is 35.5. The number of imidazole rings is 1. The van der Waals surface area contributed by atoms with Crippen LogP contribution in [-0.4, -0.2) is 22.5 Å². The van der Waals surface area contributed by atoms with Gasteiger partial charge in [-0.15, -0.1) is 0 Å². The van der Waals surface area contributed by atoms with Crippen molar-refractivity contribution in [3.63, 3.8) is 0 Å². The highest BCUT2D eigenvalue weighted by Gasteiger charge is 2.19. The van der Waals surface area contributed by atoms with E-state index in [4.69, 9.17) is 27.9 Å². The summed E-state index contributed by atoms with van der Waals surface area (Å²) < 4.78 is 7.59. The molecule has 0 fully saturated rings. The number of aromatic nitrogens is 2. The number of hydrogen-bond acceptors (Lipinski definition) is 3. The first-order valence-corrected chi connectivity index (χ1v) is 6.03. The zero-order valence-electron chi connectivity index (χ0n) is 10.2. The van der Waals surface area contributed by atoms with Crippen molar-refractivity contribution in [2.45, 2.75) is 0 Å². The van der Waals surface area contributed by atoms with Crippen LogP contribution in [0, 0.1) is 0 Å².